The summed E-state index contributed by atoms with van der Waals surface area (Å²) in [5.74, 6) is -1.25. The molecule has 0 aromatic heterocycles. The molecule has 4 N–H and O–H groups in total. The largest absolute Gasteiger partial charge is 0.456 e. The lowest BCUT2D eigenvalue weighted by Gasteiger charge is -2.47. The Hall–Kier alpha value is -1.80. The summed E-state index contributed by atoms with van der Waals surface area (Å²) in [6.45, 7) is 18.2. The van der Waals surface area contributed by atoms with Crippen LogP contribution in [0.4, 0.5) is 4.79 Å². The Morgan fingerprint density at radius 2 is 1.80 bits per heavy atom. The van der Waals surface area contributed by atoms with Gasteiger partial charge in [0.05, 0.1) is 23.9 Å². The van der Waals surface area contributed by atoms with Crippen LogP contribution in [-0.2, 0) is 23.7 Å². The lowest BCUT2D eigenvalue weighted by Crippen LogP contribution is -2.62. The summed E-state index contributed by atoms with van der Waals surface area (Å²) < 4.78 is 24.8. The third-order valence-electron chi connectivity index (χ3n) is 9.69. The van der Waals surface area contributed by atoms with Crippen molar-refractivity contribution in [1.29, 1.82) is 0 Å². The topological polar surface area (TPSA) is 150 Å². The number of carbonyl (C=O) groups is 2. The van der Waals surface area contributed by atoms with Gasteiger partial charge >= 0.3 is 12.0 Å². The Labute approximate surface area is 276 Å². The zero-order valence-corrected chi connectivity index (χ0v) is 30.4. The maximum absolute atomic E-state index is 13.5. The first kappa shape index (κ1) is 40.4. The van der Waals surface area contributed by atoms with Gasteiger partial charge in [-0.3, -0.25) is 0 Å². The molecule has 0 saturated carbocycles. The predicted molar refractivity (Wildman–Crippen MR) is 176 cm³/mol. The second-order valence-corrected chi connectivity index (χ2v) is 14.6. The van der Waals surface area contributed by atoms with Crippen LogP contribution >= 0.6 is 0 Å². The number of esters is 1. The van der Waals surface area contributed by atoms with E-state index in [-0.39, 0.29) is 43.1 Å². The number of carbonyl (C=O) groups excluding carboxylic acids is 2. The van der Waals surface area contributed by atoms with E-state index in [0.29, 0.717) is 18.4 Å². The minimum Gasteiger partial charge on any atom is -0.456 e. The Kier molecular flexibility index (Phi) is 14.5. The van der Waals surface area contributed by atoms with Crippen molar-refractivity contribution < 1.29 is 43.9 Å². The summed E-state index contributed by atoms with van der Waals surface area (Å²) in [6, 6.07) is -1.59. The number of hydrogen-bond acceptors (Lipinski definition) is 10. The first-order valence-corrected chi connectivity index (χ1v) is 16.8. The highest BCUT2D eigenvalue weighted by molar-refractivity contribution is 5.88. The van der Waals surface area contributed by atoms with Crippen LogP contribution in [0, 0.1) is 11.8 Å². The number of nitrogens with zero attached hydrogens (tertiary/aromatic N) is 2. The van der Waals surface area contributed by atoms with E-state index in [9.17, 15) is 24.9 Å². The van der Waals surface area contributed by atoms with E-state index < -0.39 is 59.8 Å². The van der Waals surface area contributed by atoms with Crippen molar-refractivity contribution in [3.63, 3.8) is 0 Å². The number of methoxy groups -OCH3 is 1. The molecule has 12 nitrogen and oxygen atoms in total. The highest BCUT2D eigenvalue weighted by Crippen LogP contribution is 2.37. The number of urea groups is 1. The van der Waals surface area contributed by atoms with Crippen LogP contribution in [0.2, 0.25) is 0 Å². The summed E-state index contributed by atoms with van der Waals surface area (Å²) in [4.78, 5) is 30.5. The first-order valence-electron chi connectivity index (χ1n) is 16.8. The number of likely N-dealkylation sites (N-methyl/N-ethyl adjacent to an activating group) is 1. The molecule has 0 aromatic rings. The van der Waals surface area contributed by atoms with Crippen molar-refractivity contribution in [2.45, 2.75) is 155 Å². The van der Waals surface area contributed by atoms with Crippen molar-refractivity contribution >= 4 is 12.0 Å². The molecule has 12 atom stereocenters. The molecule has 1 saturated heterocycles. The zero-order valence-electron chi connectivity index (χ0n) is 30.4. The number of amides is 2. The number of hydrogen-bond donors (Lipinski definition) is 4. The second kappa shape index (κ2) is 16.5. The molecule has 2 heterocycles. The fourth-order valence-electron chi connectivity index (χ4n) is 7.03. The van der Waals surface area contributed by atoms with Gasteiger partial charge in [-0.1, -0.05) is 26.8 Å². The van der Waals surface area contributed by atoms with E-state index >= 15 is 0 Å². The van der Waals surface area contributed by atoms with Crippen LogP contribution < -0.4 is 5.32 Å². The maximum Gasteiger partial charge on any atom is 0.333 e. The molecule has 46 heavy (non-hydrogen) atoms. The Morgan fingerprint density at radius 1 is 1.20 bits per heavy atom. The highest BCUT2D eigenvalue weighted by atomic mass is 16.7. The van der Waals surface area contributed by atoms with Gasteiger partial charge in [0.15, 0.2) is 6.29 Å². The molecule has 2 amide bonds. The molecule has 1 unspecified atom stereocenters. The van der Waals surface area contributed by atoms with E-state index in [2.05, 4.69) is 5.32 Å². The second-order valence-electron chi connectivity index (χ2n) is 14.6. The number of ether oxygens (including phenoxy) is 4. The monoisotopic (exact) mass is 657 g/mol. The van der Waals surface area contributed by atoms with Gasteiger partial charge in [0.25, 0.3) is 0 Å². The van der Waals surface area contributed by atoms with Gasteiger partial charge in [-0.2, -0.15) is 0 Å². The highest BCUT2D eigenvalue weighted by Gasteiger charge is 2.48. The fourth-order valence-corrected chi connectivity index (χ4v) is 7.03. The summed E-state index contributed by atoms with van der Waals surface area (Å²) >= 11 is 0. The summed E-state index contributed by atoms with van der Waals surface area (Å²) in [5.41, 5.74) is -2.55. The molecule has 2 aliphatic rings. The summed E-state index contributed by atoms with van der Waals surface area (Å²) in [7, 11) is 5.42. The summed E-state index contributed by atoms with van der Waals surface area (Å²) in [6.07, 6.45) is -2.23. The average molecular weight is 658 g/mol. The third-order valence-corrected chi connectivity index (χ3v) is 9.69. The SMILES string of the molecule is CC[C@H]1OC(=O)/C(C)=C\[C@H](C)[C@@H](O[C@@H]2O[C@H](C)C[C@H](N(C)C)[C@H]2O)C(C)(OC)C[C@@H](C)CN(C(=O)NC(C)C)[C@H](C)[C@@H](O)[C@]1(C)O. The smallest absolute Gasteiger partial charge is 0.333 e. The Balaban J connectivity index is 2.68. The molecule has 0 bridgehead atoms. The average Bonchev–Trinajstić information content (AvgIpc) is 2.96. The molecule has 2 rings (SSSR count). The molecule has 0 radical (unpaired) electrons. The standard InChI is InChI=1S/C34H63N3O9/c1-14-26-34(10,42)28(39)24(8)37(32(41)35-19(2)3)18-20(4)17-33(9,43-13)29(21(5)15-22(6)30(40)45-26)46-31-27(38)25(36(11)12)16-23(7)44-31/h15,19-21,23-29,31,38-39,42H,14,16-18H2,1-13H3,(H,35,41)/b22-15-/t20-,21+,23-,24-,25+,26-,27-,28-,29-,31+,33?,34-/m1/s1. The molecule has 268 valence electrons. The molecule has 0 aromatic carbocycles. The van der Waals surface area contributed by atoms with Crippen LogP contribution in [0.5, 0.6) is 0 Å². The van der Waals surface area contributed by atoms with Gasteiger partial charge < -0.3 is 49.4 Å². The maximum atomic E-state index is 13.5. The Bertz CT molecular complexity index is 1040. The zero-order chi connectivity index (χ0) is 35.3. The van der Waals surface area contributed by atoms with Crippen molar-refractivity contribution in [1.82, 2.24) is 15.1 Å². The Morgan fingerprint density at radius 3 is 2.33 bits per heavy atom. The molecule has 1 fully saturated rings. The lowest BCUT2D eigenvalue weighted by molar-refractivity contribution is -0.294. The van der Waals surface area contributed by atoms with Crippen LogP contribution in [-0.4, -0.2) is 131 Å². The number of rotatable bonds is 6. The van der Waals surface area contributed by atoms with E-state index in [1.165, 1.54) is 11.8 Å². The van der Waals surface area contributed by atoms with Crippen molar-refractivity contribution in [3.05, 3.63) is 11.6 Å². The van der Waals surface area contributed by atoms with Gasteiger partial charge in [0.2, 0.25) is 0 Å². The van der Waals surface area contributed by atoms with E-state index in [0.717, 1.165) is 0 Å². The van der Waals surface area contributed by atoms with Crippen molar-refractivity contribution in [2.24, 2.45) is 11.8 Å². The van der Waals surface area contributed by atoms with Crippen LogP contribution in [0.1, 0.15) is 88.5 Å². The molecular weight excluding hydrogens is 594 g/mol. The van der Waals surface area contributed by atoms with E-state index in [1.54, 1.807) is 34.0 Å². The number of aliphatic hydroxyl groups excluding tert-OH is 2. The molecule has 2 aliphatic heterocycles. The molecule has 0 spiro atoms. The van der Waals surface area contributed by atoms with Crippen LogP contribution in [0.25, 0.3) is 0 Å². The lowest BCUT2D eigenvalue weighted by atomic mass is 9.81. The van der Waals surface area contributed by atoms with E-state index in [1.807, 2.05) is 60.5 Å². The predicted octanol–water partition coefficient (Wildman–Crippen LogP) is 3.07. The van der Waals surface area contributed by atoms with Gasteiger partial charge in [-0.25, -0.2) is 9.59 Å². The molecule has 0 aliphatic carbocycles. The van der Waals surface area contributed by atoms with Gasteiger partial charge in [0.1, 0.15) is 23.9 Å². The number of cyclic esters (lactones) is 1. The number of aliphatic hydroxyl groups is 3. The molecule has 12 heteroatoms. The normalized spacial score (nSPS) is 41.7. The fraction of sp³-hybridized carbons (Fsp3) is 0.882. The van der Waals surface area contributed by atoms with Crippen molar-refractivity contribution in [3.8, 4) is 0 Å². The van der Waals surface area contributed by atoms with Crippen LogP contribution in [0.3, 0.4) is 0 Å². The van der Waals surface area contributed by atoms with Gasteiger partial charge in [-0.05, 0) is 87.7 Å². The molecular formula is C34H63N3O9. The van der Waals surface area contributed by atoms with Gasteiger partial charge in [-0.15, -0.1) is 0 Å². The summed E-state index contributed by atoms with van der Waals surface area (Å²) in [5, 5.41) is 37.4. The quantitative estimate of drug-likeness (QED) is 0.314. The third kappa shape index (κ3) is 9.64. The number of nitrogens with one attached hydrogen (secondary N) is 1. The van der Waals surface area contributed by atoms with Crippen LogP contribution in [0.15, 0.2) is 11.6 Å². The minimum atomic E-state index is -1.86. The first-order chi connectivity index (χ1) is 21.2. The van der Waals surface area contributed by atoms with E-state index in [4.69, 9.17) is 18.9 Å². The van der Waals surface area contributed by atoms with Crippen molar-refractivity contribution in [2.75, 3.05) is 27.7 Å². The van der Waals surface area contributed by atoms with Gasteiger partial charge in [0, 0.05) is 37.2 Å². The minimum absolute atomic E-state index is 0.166.